The van der Waals surface area contributed by atoms with Gasteiger partial charge in [0.05, 0.1) is 6.20 Å². The second-order valence-corrected chi connectivity index (χ2v) is 4.03. The Bertz CT molecular complexity index is 445. The van der Waals surface area contributed by atoms with Crippen molar-refractivity contribution in [3.63, 3.8) is 0 Å². The summed E-state index contributed by atoms with van der Waals surface area (Å²) in [4.78, 5) is 0.574. The maximum absolute atomic E-state index is 13.3. The van der Waals surface area contributed by atoms with Gasteiger partial charge in [0.15, 0.2) is 0 Å². The highest BCUT2D eigenvalue weighted by Gasteiger charge is 2.04. The van der Waals surface area contributed by atoms with Crippen molar-refractivity contribution in [2.75, 3.05) is 5.73 Å². The zero-order valence-corrected chi connectivity index (χ0v) is 8.63. The monoisotopic (exact) mass is 224 g/mol. The van der Waals surface area contributed by atoms with Gasteiger partial charge < -0.3 is 10.3 Å². The van der Waals surface area contributed by atoms with E-state index in [1.807, 2.05) is 0 Å². The van der Waals surface area contributed by atoms with Gasteiger partial charge >= 0.3 is 0 Å². The van der Waals surface area contributed by atoms with Gasteiger partial charge in [0.25, 0.3) is 0 Å². The van der Waals surface area contributed by atoms with Crippen LogP contribution in [0.4, 0.5) is 10.1 Å². The number of nitrogen functional groups attached to an aromatic ring is 1. The highest BCUT2D eigenvalue weighted by Crippen LogP contribution is 2.26. The standard InChI is InChI=1S/C10H9FN2OS/c11-9-3-8(12)1-2-10(9)15-6-7-4-13-14-5-7/h1-5H,6,12H2. The maximum atomic E-state index is 13.3. The van der Waals surface area contributed by atoms with E-state index in [9.17, 15) is 4.39 Å². The molecule has 0 saturated carbocycles. The second kappa shape index (κ2) is 4.35. The maximum Gasteiger partial charge on any atom is 0.138 e. The predicted molar refractivity (Wildman–Crippen MR) is 56.9 cm³/mol. The zero-order chi connectivity index (χ0) is 10.7. The Labute approximate surface area is 90.4 Å². The Balaban J connectivity index is 2.05. The molecule has 1 aromatic heterocycles. The van der Waals surface area contributed by atoms with Gasteiger partial charge in [0, 0.05) is 21.9 Å². The molecule has 2 rings (SSSR count). The molecule has 3 nitrogen and oxygen atoms in total. The van der Waals surface area contributed by atoms with Crippen LogP contribution in [0.5, 0.6) is 0 Å². The summed E-state index contributed by atoms with van der Waals surface area (Å²) in [6.45, 7) is 0. The molecule has 2 N–H and O–H groups in total. The minimum Gasteiger partial charge on any atom is -0.399 e. The number of halogens is 1. The number of aromatic nitrogens is 1. The summed E-state index contributed by atoms with van der Waals surface area (Å²) in [5, 5.41) is 3.57. The lowest BCUT2D eigenvalue weighted by Crippen LogP contribution is -1.88. The van der Waals surface area contributed by atoms with Crippen LogP contribution in [-0.2, 0) is 5.75 Å². The van der Waals surface area contributed by atoms with Crippen molar-refractivity contribution in [3.05, 3.63) is 42.0 Å². The number of hydrogen-bond acceptors (Lipinski definition) is 4. The Kier molecular flexibility index (Phi) is 2.91. The van der Waals surface area contributed by atoms with E-state index in [0.29, 0.717) is 16.3 Å². The van der Waals surface area contributed by atoms with Crippen LogP contribution in [0.2, 0.25) is 0 Å². The first kappa shape index (κ1) is 10.0. The number of thioether (sulfide) groups is 1. The van der Waals surface area contributed by atoms with Crippen LogP contribution < -0.4 is 5.73 Å². The fourth-order valence-corrected chi connectivity index (χ4v) is 1.92. The molecule has 0 unspecified atom stereocenters. The Morgan fingerprint density at radius 2 is 2.33 bits per heavy atom. The van der Waals surface area contributed by atoms with Crippen LogP contribution in [-0.4, -0.2) is 5.16 Å². The number of benzene rings is 1. The molecule has 0 aliphatic rings. The van der Waals surface area contributed by atoms with Crippen LogP contribution in [0, 0.1) is 5.82 Å². The van der Waals surface area contributed by atoms with E-state index < -0.39 is 0 Å². The first-order valence-corrected chi connectivity index (χ1v) is 5.30. The van der Waals surface area contributed by atoms with Gasteiger partial charge in [-0.15, -0.1) is 11.8 Å². The molecule has 0 atom stereocenters. The number of anilines is 1. The van der Waals surface area contributed by atoms with Crippen molar-refractivity contribution in [3.8, 4) is 0 Å². The van der Waals surface area contributed by atoms with Gasteiger partial charge in [-0.05, 0) is 18.2 Å². The minimum atomic E-state index is -0.295. The van der Waals surface area contributed by atoms with E-state index in [2.05, 4.69) is 9.68 Å². The predicted octanol–water partition coefficient (Wildman–Crippen LogP) is 2.69. The van der Waals surface area contributed by atoms with Gasteiger partial charge in [-0.1, -0.05) is 5.16 Å². The smallest absolute Gasteiger partial charge is 0.138 e. The molecule has 78 valence electrons. The van der Waals surface area contributed by atoms with Crippen molar-refractivity contribution < 1.29 is 8.91 Å². The number of nitrogens with zero attached hydrogens (tertiary/aromatic N) is 1. The van der Waals surface area contributed by atoms with E-state index >= 15 is 0 Å². The van der Waals surface area contributed by atoms with Crippen LogP contribution in [0.15, 0.2) is 40.1 Å². The minimum absolute atomic E-state index is 0.295. The fraction of sp³-hybridized carbons (Fsp3) is 0.100. The van der Waals surface area contributed by atoms with Gasteiger partial charge in [-0.2, -0.15) is 0 Å². The summed E-state index contributed by atoms with van der Waals surface area (Å²) in [6.07, 6.45) is 3.16. The molecule has 2 aromatic rings. The highest BCUT2D eigenvalue weighted by molar-refractivity contribution is 7.98. The molecular formula is C10H9FN2OS. The number of rotatable bonds is 3. The van der Waals surface area contributed by atoms with Crippen LogP contribution >= 0.6 is 11.8 Å². The van der Waals surface area contributed by atoms with E-state index in [1.165, 1.54) is 17.8 Å². The summed E-state index contributed by atoms with van der Waals surface area (Å²) in [5.41, 5.74) is 6.80. The third-order valence-corrected chi connectivity index (χ3v) is 2.95. The molecular weight excluding hydrogens is 215 g/mol. The molecule has 0 aliphatic carbocycles. The summed E-state index contributed by atoms with van der Waals surface area (Å²) in [5.74, 6) is 0.334. The van der Waals surface area contributed by atoms with Crippen molar-refractivity contribution >= 4 is 17.4 Å². The summed E-state index contributed by atoms with van der Waals surface area (Å²) in [7, 11) is 0. The molecule has 0 bridgehead atoms. The van der Waals surface area contributed by atoms with Crippen LogP contribution in [0.1, 0.15) is 5.56 Å². The Hall–Kier alpha value is -1.49. The molecule has 0 spiro atoms. The van der Waals surface area contributed by atoms with Gasteiger partial charge in [-0.3, -0.25) is 0 Å². The molecule has 1 heterocycles. The molecule has 0 aliphatic heterocycles. The normalized spacial score (nSPS) is 10.5. The molecule has 15 heavy (non-hydrogen) atoms. The fourth-order valence-electron chi connectivity index (χ4n) is 1.09. The average Bonchev–Trinajstić information content (AvgIpc) is 2.69. The first-order chi connectivity index (χ1) is 7.25. The summed E-state index contributed by atoms with van der Waals surface area (Å²) >= 11 is 1.38. The molecule has 0 fully saturated rings. The van der Waals surface area contributed by atoms with Crippen molar-refractivity contribution in [1.82, 2.24) is 5.16 Å². The highest BCUT2D eigenvalue weighted by atomic mass is 32.2. The van der Waals surface area contributed by atoms with Crippen molar-refractivity contribution in [2.45, 2.75) is 10.6 Å². The first-order valence-electron chi connectivity index (χ1n) is 4.32. The second-order valence-electron chi connectivity index (χ2n) is 3.01. The Morgan fingerprint density at radius 1 is 1.47 bits per heavy atom. The van der Waals surface area contributed by atoms with Gasteiger partial charge in [-0.25, -0.2) is 4.39 Å². The van der Waals surface area contributed by atoms with E-state index in [1.54, 1.807) is 24.6 Å². The average molecular weight is 224 g/mol. The zero-order valence-electron chi connectivity index (χ0n) is 7.81. The third kappa shape index (κ3) is 2.50. The van der Waals surface area contributed by atoms with E-state index in [0.717, 1.165) is 5.56 Å². The topological polar surface area (TPSA) is 52.0 Å². The third-order valence-electron chi connectivity index (χ3n) is 1.83. The summed E-state index contributed by atoms with van der Waals surface area (Å²) in [6, 6.07) is 4.66. The molecule has 0 amide bonds. The Morgan fingerprint density at radius 3 is 3.00 bits per heavy atom. The quantitative estimate of drug-likeness (QED) is 0.643. The van der Waals surface area contributed by atoms with Crippen LogP contribution in [0.25, 0.3) is 0 Å². The van der Waals surface area contributed by atoms with Gasteiger partial charge in [0.1, 0.15) is 12.1 Å². The van der Waals surface area contributed by atoms with E-state index in [-0.39, 0.29) is 5.82 Å². The largest absolute Gasteiger partial charge is 0.399 e. The lowest BCUT2D eigenvalue weighted by Gasteiger charge is -2.02. The van der Waals surface area contributed by atoms with Crippen LogP contribution in [0.3, 0.4) is 0 Å². The molecule has 0 saturated heterocycles. The van der Waals surface area contributed by atoms with Crippen molar-refractivity contribution in [2.24, 2.45) is 0 Å². The molecule has 0 radical (unpaired) electrons. The lowest BCUT2D eigenvalue weighted by atomic mass is 10.3. The number of hydrogen-bond donors (Lipinski definition) is 1. The number of nitrogens with two attached hydrogens (primary N) is 1. The van der Waals surface area contributed by atoms with Gasteiger partial charge in [0.2, 0.25) is 0 Å². The van der Waals surface area contributed by atoms with E-state index in [4.69, 9.17) is 5.73 Å². The van der Waals surface area contributed by atoms with Crippen molar-refractivity contribution in [1.29, 1.82) is 0 Å². The SMILES string of the molecule is Nc1ccc(SCc2cnoc2)c(F)c1. The molecule has 1 aromatic carbocycles. The lowest BCUT2D eigenvalue weighted by molar-refractivity contribution is 0.419. The summed E-state index contributed by atoms with van der Waals surface area (Å²) < 4.78 is 18.0. The molecule has 5 heteroatoms.